The van der Waals surface area contributed by atoms with Gasteiger partial charge in [0.15, 0.2) is 0 Å². The number of hydrogen-bond donors (Lipinski definition) is 1. The van der Waals surface area contributed by atoms with Crippen molar-refractivity contribution >= 4 is 0 Å². The lowest BCUT2D eigenvalue weighted by Gasteiger charge is -2.34. The molecule has 0 atom stereocenters. The van der Waals surface area contributed by atoms with Crippen LogP contribution in [0.25, 0.3) is 0 Å². The van der Waals surface area contributed by atoms with Gasteiger partial charge in [0.25, 0.3) is 0 Å². The number of ether oxygens (including phenoxy) is 1. The largest absolute Gasteiger partial charge is 0.492 e. The van der Waals surface area contributed by atoms with E-state index in [4.69, 9.17) is 9.84 Å². The van der Waals surface area contributed by atoms with E-state index in [1.165, 1.54) is 31.5 Å². The van der Waals surface area contributed by atoms with Crippen LogP contribution < -0.4 is 4.74 Å². The topological polar surface area (TPSA) is 39.2 Å². The van der Waals surface area contributed by atoms with Crippen LogP contribution in [0.3, 0.4) is 0 Å². The summed E-state index contributed by atoms with van der Waals surface area (Å²) in [6, 6.07) is 8.57. The molecule has 0 spiro atoms. The highest BCUT2D eigenvalue weighted by Crippen LogP contribution is 2.15. The molecule has 5 heteroatoms. The van der Waals surface area contributed by atoms with Gasteiger partial charge in [0.05, 0.1) is 6.61 Å². The molecule has 0 radical (unpaired) electrons. The quantitative estimate of drug-likeness (QED) is 0.776. The standard InChI is InChI=1S/C19H31N3O2/c23-15-13-21-9-11-22(12-10-21)17-18-3-5-19(6-4-18)24-16-14-20-7-1-2-8-20/h3-6,23H,1-2,7-17H2. The minimum absolute atomic E-state index is 0.263. The third-order valence-corrected chi connectivity index (χ3v) is 5.09. The second-order valence-electron chi connectivity index (χ2n) is 6.88. The Hall–Kier alpha value is -1.14. The molecular weight excluding hydrogens is 302 g/mol. The maximum atomic E-state index is 9.00. The summed E-state index contributed by atoms with van der Waals surface area (Å²) in [6.45, 7) is 10.6. The first-order valence-corrected chi connectivity index (χ1v) is 9.33. The summed E-state index contributed by atoms with van der Waals surface area (Å²) in [4.78, 5) is 7.29. The molecule has 24 heavy (non-hydrogen) atoms. The van der Waals surface area contributed by atoms with E-state index in [2.05, 4.69) is 39.0 Å². The van der Waals surface area contributed by atoms with E-state index in [0.29, 0.717) is 0 Å². The Morgan fingerprint density at radius 3 is 2.08 bits per heavy atom. The number of hydrogen-bond acceptors (Lipinski definition) is 5. The zero-order valence-corrected chi connectivity index (χ0v) is 14.7. The Labute approximate surface area is 145 Å². The molecule has 1 aromatic rings. The maximum absolute atomic E-state index is 9.00. The van der Waals surface area contributed by atoms with E-state index in [1.807, 2.05) is 0 Å². The molecule has 134 valence electrons. The van der Waals surface area contributed by atoms with Gasteiger partial charge in [0.1, 0.15) is 12.4 Å². The van der Waals surface area contributed by atoms with E-state index < -0.39 is 0 Å². The summed E-state index contributed by atoms with van der Waals surface area (Å²) in [6.07, 6.45) is 2.67. The number of β-amino-alcohol motifs (C(OH)–C–C–N with tert-alkyl or cyclic N) is 1. The van der Waals surface area contributed by atoms with Gasteiger partial charge in [0, 0.05) is 45.8 Å². The molecule has 5 nitrogen and oxygen atoms in total. The first-order valence-electron chi connectivity index (χ1n) is 9.33. The van der Waals surface area contributed by atoms with Crippen molar-refractivity contribution in [3.8, 4) is 5.75 Å². The van der Waals surface area contributed by atoms with Crippen LogP contribution in [0.4, 0.5) is 0 Å². The summed E-state index contributed by atoms with van der Waals surface area (Å²) in [5, 5.41) is 9.00. The fourth-order valence-electron chi connectivity index (χ4n) is 3.56. The number of benzene rings is 1. The fourth-order valence-corrected chi connectivity index (χ4v) is 3.56. The molecule has 2 aliphatic rings. The Morgan fingerprint density at radius 2 is 1.42 bits per heavy atom. The molecule has 0 bridgehead atoms. The van der Waals surface area contributed by atoms with Gasteiger partial charge in [-0.1, -0.05) is 12.1 Å². The molecule has 0 amide bonds. The lowest BCUT2D eigenvalue weighted by Crippen LogP contribution is -2.46. The Kier molecular flexibility index (Phi) is 6.90. The third kappa shape index (κ3) is 5.45. The van der Waals surface area contributed by atoms with Gasteiger partial charge in [0.2, 0.25) is 0 Å². The minimum Gasteiger partial charge on any atom is -0.492 e. The number of piperazine rings is 1. The van der Waals surface area contributed by atoms with Crippen LogP contribution in [0.15, 0.2) is 24.3 Å². The highest BCUT2D eigenvalue weighted by atomic mass is 16.5. The normalized spacial score (nSPS) is 20.5. The summed E-state index contributed by atoms with van der Waals surface area (Å²) in [5.41, 5.74) is 1.34. The summed E-state index contributed by atoms with van der Waals surface area (Å²) in [7, 11) is 0. The van der Waals surface area contributed by atoms with E-state index in [1.54, 1.807) is 0 Å². The number of rotatable bonds is 8. The van der Waals surface area contributed by atoms with Crippen molar-refractivity contribution in [1.29, 1.82) is 0 Å². The summed E-state index contributed by atoms with van der Waals surface area (Å²) >= 11 is 0. The Balaban J connectivity index is 1.36. The van der Waals surface area contributed by atoms with E-state index in [9.17, 15) is 0 Å². The second-order valence-corrected chi connectivity index (χ2v) is 6.88. The molecule has 2 aliphatic heterocycles. The van der Waals surface area contributed by atoms with Crippen molar-refractivity contribution in [1.82, 2.24) is 14.7 Å². The first kappa shape index (κ1) is 17.7. The van der Waals surface area contributed by atoms with Crippen molar-refractivity contribution in [3.63, 3.8) is 0 Å². The van der Waals surface area contributed by atoms with Crippen LogP contribution in [0.2, 0.25) is 0 Å². The van der Waals surface area contributed by atoms with Gasteiger partial charge in [-0.3, -0.25) is 14.7 Å². The van der Waals surface area contributed by atoms with Crippen molar-refractivity contribution in [2.24, 2.45) is 0 Å². The molecule has 0 unspecified atom stereocenters. The zero-order valence-electron chi connectivity index (χ0n) is 14.7. The van der Waals surface area contributed by atoms with Gasteiger partial charge in [-0.25, -0.2) is 0 Å². The van der Waals surface area contributed by atoms with Gasteiger partial charge < -0.3 is 9.84 Å². The van der Waals surface area contributed by atoms with Crippen molar-refractivity contribution in [3.05, 3.63) is 29.8 Å². The number of aliphatic hydroxyl groups is 1. The van der Waals surface area contributed by atoms with Crippen molar-refractivity contribution < 1.29 is 9.84 Å². The lowest BCUT2D eigenvalue weighted by atomic mass is 10.2. The SMILES string of the molecule is OCCN1CCN(Cc2ccc(OCCN3CCCC3)cc2)CC1. The van der Waals surface area contributed by atoms with Gasteiger partial charge in [-0.2, -0.15) is 0 Å². The van der Waals surface area contributed by atoms with E-state index >= 15 is 0 Å². The van der Waals surface area contributed by atoms with Crippen LogP contribution in [-0.2, 0) is 6.54 Å². The van der Waals surface area contributed by atoms with Crippen molar-refractivity contribution in [2.45, 2.75) is 19.4 Å². The highest BCUT2D eigenvalue weighted by molar-refractivity contribution is 5.27. The van der Waals surface area contributed by atoms with Crippen LogP contribution in [0, 0.1) is 0 Å². The third-order valence-electron chi connectivity index (χ3n) is 5.09. The molecular formula is C19H31N3O2. The van der Waals surface area contributed by atoms with Crippen LogP contribution in [0.1, 0.15) is 18.4 Å². The number of nitrogens with zero attached hydrogens (tertiary/aromatic N) is 3. The predicted octanol–water partition coefficient (Wildman–Crippen LogP) is 1.27. The monoisotopic (exact) mass is 333 g/mol. The zero-order chi connectivity index (χ0) is 16.6. The highest BCUT2D eigenvalue weighted by Gasteiger charge is 2.16. The Morgan fingerprint density at radius 1 is 0.792 bits per heavy atom. The maximum Gasteiger partial charge on any atom is 0.119 e. The molecule has 1 aromatic carbocycles. The first-order chi connectivity index (χ1) is 11.8. The van der Waals surface area contributed by atoms with Crippen molar-refractivity contribution in [2.75, 3.05) is 65.6 Å². The van der Waals surface area contributed by atoms with Gasteiger partial charge >= 0.3 is 0 Å². The number of likely N-dealkylation sites (tertiary alicyclic amines) is 1. The van der Waals surface area contributed by atoms with Crippen LogP contribution in [0.5, 0.6) is 5.75 Å². The molecule has 0 aliphatic carbocycles. The van der Waals surface area contributed by atoms with Crippen LogP contribution in [-0.4, -0.2) is 85.4 Å². The molecule has 2 saturated heterocycles. The average molecular weight is 333 g/mol. The smallest absolute Gasteiger partial charge is 0.119 e. The van der Waals surface area contributed by atoms with Gasteiger partial charge in [-0.05, 0) is 43.6 Å². The average Bonchev–Trinajstić information content (AvgIpc) is 3.12. The van der Waals surface area contributed by atoms with Gasteiger partial charge in [-0.15, -0.1) is 0 Å². The predicted molar refractivity (Wildman–Crippen MR) is 96.4 cm³/mol. The molecule has 2 heterocycles. The number of aliphatic hydroxyl groups excluding tert-OH is 1. The molecule has 3 rings (SSSR count). The minimum atomic E-state index is 0.263. The molecule has 0 aromatic heterocycles. The molecule has 1 N–H and O–H groups in total. The fraction of sp³-hybridized carbons (Fsp3) is 0.684. The van der Waals surface area contributed by atoms with E-state index in [0.717, 1.165) is 58.2 Å². The Bertz CT molecular complexity index is 466. The molecule has 2 fully saturated rings. The summed E-state index contributed by atoms with van der Waals surface area (Å²) in [5.74, 6) is 0.978. The lowest BCUT2D eigenvalue weighted by molar-refractivity contribution is 0.108. The second kappa shape index (κ2) is 9.37. The van der Waals surface area contributed by atoms with Crippen LogP contribution >= 0.6 is 0 Å². The van der Waals surface area contributed by atoms with E-state index in [-0.39, 0.29) is 6.61 Å². The summed E-state index contributed by atoms with van der Waals surface area (Å²) < 4.78 is 5.87. The molecule has 0 saturated carbocycles.